The molecular formula is C17H15F2N3O2S2. The van der Waals surface area contributed by atoms with E-state index in [1.165, 1.54) is 11.8 Å². The van der Waals surface area contributed by atoms with Gasteiger partial charge in [-0.25, -0.2) is 4.98 Å². The molecule has 1 amide bonds. The summed E-state index contributed by atoms with van der Waals surface area (Å²) in [6.45, 7) is 0. The standard InChI is InChI=1S/C17H15F2N3O2S2/c1-24-11-4-7-13-14(8-11)22-17(21-13)25-9-15(23)20-10-2-5-12(6-3-10)26-16(18)19/h2-8,16H,9H2,1H3,(H,20,23)(H,21,22). The molecule has 0 radical (unpaired) electrons. The molecule has 3 rings (SSSR count). The Kier molecular flexibility index (Phi) is 6.00. The highest BCUT2D eigenvalue weighted by molar-refractivity contribution is 8.00. The third-order valence-electron chi connectivity index (χ3n) is 3.37. The van der Waals surface area contributed by atoms with Gasteiger partial charge >= 0.3 is 0 Å². The molecule has 0 atom stereocenters. The van der Waals surface area contributed by atoms with Crippen LogP contribution in [0.5, 0.6) is 5.75 Å². The Labute approximate surface area is 156 Å². The van der Waals surface area contributed by atoms with Crippen LogP contribution in [0.25, 0.3) is 11.0 Å². The van der Waals surface area contributed by atoms with Gasteiger partial charge in [-0.15, -0.1) is 0 Å². The molecule has 0 saturated carbocycles. The number of anilines is 1. The molecule has 0 aliphatic carbocycles. The lowest BCUT2D eigenvalue weighted by molar-refractivity contribution is -0.113. The number of nitrogens with zero attached hydrogens (tertiary/aromatic N) is 1. The minimum absolute atomic E-state index is 0.171. The molecule has 136 valence electrons. The molecule has 2 aromatic carbocycles. The lowest BCUT2D eigenvalue weighted by Crippen LogP contribution is -2.14. The summed E-state index contributed by atoms with van der Waals surface area (Å²) >= 11 is 1.74. The third-order valence-corrected chi connectivity index (χ3v) is 4.97. The number of halogens is 2. The van der Waals surface area contributed by atoms with E-state index in [0.29, 0.717) is 27.5 Å². The van der Waals surface area contributed by atoms with Crippen molar-refractivity contribution in [2.75, 3.05) is 18.2 Å². The predicted molar refractivity (Wildman–Crippen MR) is 100 cm³/mol. The van der Waals surface area contributed by atoms with Crippen LogP contribution in [-0.4, -0.2) is 34.5 Å². The van der Waals surface area contributed by atoms with Crippen LogP contribution in [0.3, 0.4) is 0 Å². The Morgan fingerprint density at radius 2 is 2.04 bits per heavy atom. The minimum Gasteiger partial charge on any atom is -0.497 e. The quantitative estimate of drug-likeness (QED) is 0.572. The molecule has 0 unspecified atom stereocenters. The Morgan fingerprint density at radius 1 is 1.27 bits per heavy atom. The molecule has 3 aromatic rings. The van der Waals surface area contributed by atoms with E-state index in [9.17, 15) is 13.6 Å². The normalized spacial score (nSPS) is 11.1. The first-order valence-corrected chi connectivity index (χ1v) is 9.41. The van der Waals surface area contributed by atoms with Crippen LogP contribution in [0, 0.1) is 0 Å². The van der Waals surface area contributed by atoms with Crippen LogP contribution in [0.1, 0.15) is 0 Å². The number of aromatic amines is 1. The topological polar surface area (TPSA) is 67.0 Å². The number of hydrogen-bond donors (Lipinski definition) is 2. The van der Waals surface area contributed by atoms with Gasteiger partial charge in [-0.1, -0.05) is 23.5 Å². The van der Waals surface area contributed by atoms with E-state index in [2.05, 4.69) is 15.3 Å². The largest absolute Gasteiger partial charge is 0.497 e. The highest BCUT2D eigenvalue weighted by Crippen LogP contribution is 2.26. The number of imidazole rings is 1. The Balaban J connectivity index is 1.55. The molecule has 9 heteroatoms. The molecule has 5 nitrogen and oxygen atoms in total. The fourth-order valence-electron chi connectivity index (χ4n) is 2.21. The average Bonchev–Trinajstić information content (AvgIpc) is 3.03. The van der Waals surface area contributed by atoms with Crippen LogP contribution in [0.2, 0.25) is 0 Å². The van der Waals surface area contributed by atoms with Gasteiger partial charge in [0.2, 0.25) is 5.91 Å². The van der Waals surface area contributed by atoms with Crippen molar-refractivity contribution in [1.29, 1.82) is 0 Å². The second-order valence-electron chi connectivity index (χ2n) is 5.16. The molecule has 0 bridgehead atoms. The van der Waals surface area contributed by atoms with E-state index in [4.69, 9.17) is 4.74 Å². The number of thioether (sulfide) groups is 2. The summed E-state index contributed by atoms with van der Waals surface area (Å²) in [4.78, 5) is 20.0. The molecule has 0 fully saturated rings. The predicted octanol–water partition coefficient (Wildman–Crippen LogP) is 4.62. The monoisotopic (exact) mass is 395 g/mol. The number of rotatable bonds is 7. The fourth-order valence-corrected chi connectivity index (χ4v) is 3.40. The van der Waals surface area contributed by atoms with Crippen molar-refractivity contribution in [3.63, 3.8) is 0 Å². The van der Waals surface area contributed by atoms with E-state index in [1.807, 2.05) is 18.2 Å². The van der Waals surface area contributed by atoms with E-state index in [0.717, 1.165) is 16.8 Å². The van der Waals surface area contributed by atoms with Gasteiger partial charge in [0.25, 0.3) is 5.76 Å². The number of H-pyrrole nitrogens is 1. The number of hydrogen-bond acceptors (Lipinski definition) is 5. The molecule has 2 N–H and O–H groups in total. The van der Waals surface area contributed by atoms with Crippen LogP contribution in [0.4, 0.5) is 14.5 Å². The number of carbonyl (C=O) groups excluding carboxylic acids is 1. The van der Waals surface area contributed by atoms with Crippen molar-refractivity contribution in [3.8, 4) is 5.75 Å². The smallest absolute Gasteiger partial charge is 0.288 e. The molecule has 0 spiro atoms. The molecule has 0 saturated heterocycles. The third kappa shape index (κ3) is 4.89. The van der Waals surface area contributed by atoms with Gasteiger partial charge in [0.15, 0.2) is 5.16 Å². The first-order valence-electron chi connectivity index (χ1n) is 7.55. The maximum atomic E-state index is 12.3. The molecule has 1 heterocycles. The second-order valence-corrected chi connectivity index (χ2v) is 7.19. The number of nitrogens with one attached hydrogen (secondary N) is 2. The van der Waals surface area contributed by atoms with E-state index in [1.54, 1.807) is 31.4 Å². The van der Waals surface area contributed by atoms with Gasteiger partial charge in [-0.3, -0.25) is 4.79 Å². The lowest BCUT2D eigenvalue weighted by Gasteiger charge is -2.05. The molecule has 26 heavy (non-hydrogen) atoms. The molecule has 0 aliphatic heterocycles. The van der Waals surface area contributed by atoms with Crippen LogP contribution >= 0.6 is 23.5 Å². The summed E-state index contributed by atoms with van der Waals surface area (Å²) in [6.07, 6.45) is 0. The zero-order valence-corrected chi connectivity index (χ0v) is 15.3. The summed E-state index contributed by atoms with van der Waals surface area (Å²) in [5, 5.41) is 3.36. The summed E-state index contributed by atoms with van der Waals surface area (Å²) < 4.78 is 29.7. The summed E-state index contributed by atoms with van der Waals surface area (Å²) in [5.41, 5.74) is 2.18. The summed E-state index contributed by atoms with van der Waals surface area (Å²) in [5.74, 6) is -1.77. The number of fused-ring (bicyclic) bond motifs is 1. The van der Waals surface area contributed by atoms with Gasteiger partial charge < -0.3 is 15.0 Å². The van der Waals surface area contributed by atoms with Crippen LogP contribution < -0.4 is 10.1 Å². The van der Waals surface area contributed by atoms with Gasteiger partial charge in [0.05, 0.1) is 23.9 Å². The Hall–Kier alpha value is -2.26. The van der Waals surface area contributed by atoms with Crippen molar-refractivity contribution >= 4 is 46.2 Å². The number of methoxy groups -OCH3 is 1. The van der Waals surface area contributed by atoms with Gasteiger partial charge in [0, 0.05) is 16.6 Å². The van der Waals surface area contributed by atoms with E-state index in [-0.39, 0.29) is 11.7 Å². The zero-order valence-electron chi connectivity index (χ0n) is 13.7. The van der Waals surface area contributed by atoms with E-state index < -0.39 is 5.76 Å². The van der Waals surface area contributed by atoms with Crippen molar-refractivity contribution in [1.82, 2.24) is 9.97 Å². The number of alkyl halides is 2. The zero-order chi connectivity index (χ0) is 18.5. The highest BCUT2D eigenvalue weighted by Gasteiger charge is 2.09. The first-order chi connectivity index (χ1) is 12.5. The number of carbonyl (C=O) groups is 1. The van der Waals surface area contributed by atoms with Crippen molar-refractivity contribution in [2.45, 2.75) is 15.8 Å². The average molecular weight is 395 g/mol. The molecule has 0 aliphatic rings. The Morgan fingerprint density at radius 3 is 2.73 bits per heavy atom. The minimum atomic E-state index is -2.46. The van der Waals surface area contributed by atoms with Crippen LogP contribution in [0.15, 0.2) is 52.5 Å². The van der Waals surface area contributed by atoms with E-state index >= 15 is 0 Å². The number of benzene rings is 2. The van der Waals surface area contributed by atoms with Crippen molar-refractivity contribution < 1.29 is 18.3 Å². The Bertz CT molecular complexity index is 901. The van der Waals surface area contributed by atoms with Gasteiger partial charge in [0.1, 0.15) is 5.75 Å². The number of aromatic nitrogens is 2. The first kappa shape index (κ1) is 18.5. The molecular weight excluding hydrogens is 380 g/mol. The lowest BCUT2D eigenvalue weighted by atomic mass is 10.3. The maximum absolute atomic E-state index is 12.3. The maximum Gasteiger partial charge on any atom is 0.288 e. The summed E-state index contributed by atoms with van der Waals surface area (Å²) in [7, 11) is 1.59. The fraction of sp³-hybridized carbons (Fsp3) is 0.176. The number of ether oxygens (including phenoxy) is 1. The van der Waals surface area contributed by atoms with Crippen LogP contribution in [-0.2, 0) is 4.79 Å². The SMILES string of the molecule is COc1ccc2nc(SCC(=O)Nc3ccc(SC(F)F)cc3)[nH]c2c1. The van der Waals surface area contributed by atoms with Crippen molar-refractivity contribution in [2.24, 2.45) is 0 Å². The summed E-state index contributed by atoms with van der Waals surface area (Å²) in [6, 6.07) is 11.8. The number of amides is 1. The second kappa shape index (κ2) is 8.41. The van der Waals surface area contributed by atoms with Gasteiger partial charge in [-0.05, 0) is 36.4 Å². The molecule has 1 aromatic heterocycles. The van der Waals surface area contributed by atoms with Crippen molar-refractivity contribution in [3.05, 3.63) is 42.5 Å². The van der Waals surface area contributed by atoms with Gasteiger partial charge in [-0.2, -0.15) is 8.78 Å². The highest BCUT2D eigenvalue weighted by atomic mass is 32.2.